The van der Waals surface area contributed by atoms with Crippen molar-refractivity contribution in [1.29, 1.82) is 0 Å². The van der Waals surface area contributed by atoms with Gasteiger partial charge in [0.25, 0.3) is 0 Å². The molecule has 0 fully saturated rings. The molecule has 0 amide bonds. The van der Waals surface area contributed by atoms with Crippen LogP contribution in [0.4, 0.5) is 0 Å². The molecule has 0 bridgehead atoms. The van der Waals surface area contributed by atoms with Gasteiger partial charge < -0.3 is 9.88 Å². The van der Waals surface area contributed by atoms with Crippen molar-refractivity contribution in [3.05, 3.63) is 39.9 Å². The van der Waals surface area contributed by atoms with E-state index < -0.39 is 0 Å². The van der Waals surface area contributed by atoms with E-state index in [1.54, 1.807) is 0 Å². The lowest BCUT2D eigenvalue weighted by molar-refractivity contribution is 0.537. The van der Waals surface area contributed by atoms with Crippen molar-refractivity contribution >= 4 is 15.9 Å². The number of nitrogens with zero attached hydrogens (tertiary/aromatic N) is 3. The Hall–Kier alpha value is -1.07. The zero-order valence-corrected chi connectivity index (χ0v) is 14.2. The minimum atomic E-state index is 0.355. The smallest absolute Gasteiger partial charge is 0.0739 e. The lowest BCUT2D eigenvalue weighted by atomic mass is 10.2. The summed E-state index contributed by atoms with van der Waals surface area (Å²) < 4.78 is 5.48. The van der Waals surface area contributed by atoms with Crippen molar-refractivity contribution in [3.63, 3.8) is 0 Å². The predicted molar refractivity (Wildman–Crippen MR) is 86.0 cm³/mol. The Bertz CT molecular complexity index is 570. The van der Waals surface area contributed by atoms with Crippen LogP contribution in [0.5, 0.6) is 0 Å². The van der Waals surface area contributed by atoms with Crippen LogP contribution in [0.1, 0.15) is 43.9 Å². The summed E-state index contributed by atoms with van der Waals surface area (Å²) in [6.45, 7) is 11.2. The van der Waals surface area contributed by atoms with Gasteiger partial charge in [0.2, 0.25) is 0 Å². The largest absolute Gasteiger partial charge is 0.344 e. The summed E-state index contributed by atoms with van der Waals surface area (Å²) in [4.78, 5) is 0. The predicted octanol–water partition coefficient (Wildman–Crippen LogP) is 3.49. The first kappa shape index (κ1) is 15.3. The van der Waals surface area contributed by atoms with Gasteiger partial charge in [-0.3, -0.25) is 4.68 Å². The molecule has 0 aliphatic rings. The van der Waals surface area contributed by atoms with E-state index in [1.165, 1.54) is 11.4 Å². The first-order valence-electron chi connectivity index (χ1n) is 7.18. The van der Waals surface area contributed by atoms with Gasteiger partial charge in [0.1, 0.15) is 0 Å². The highest BCUT2D eigenvalue weighted by Crippen LogP contribution is 2.23. The average molecular weight is 339 g/mol. The summed E-state index contributed by atoms with van der Waals surface area (Å²) in [5, 5.41) is 8.03. The van der Waals surface area contributed by atoms with E-state index >= 15 is 0 Å². The Morgan fingerprint density at radius 3 is 2.80 bits per heavy atom. The Labute approximate surface area is 129 Å². The van der Waals surface area contributed by atoms with E-state index in [2.05, 4.69) is 74.7 Å². The molecule has 0 aliphatic heterocycles. The van der Waals surface area contributed by atoms with Gasteiger partial charge >= 0.3 is 0 Å². The van der Waals surface area contributed by atoms with Crippen LogP contribution in [0, 0.1) is 6.92 Å². The number of aryl methyl sites for hydroxylation is 2. The van der Waals surface area contributed by atoms with Gasteiger partial charge in [-0.05, 0) is 55.4 Å². The highest BCUT2D eigenvalue weighted by molar-refractivity contribution is 9.10. The molecule has 0 spiro atoms. The van der Waals surface area contributed by atoms with E-state index in [0.717, 1.165) is 29.8 Å². The molecule has 0 saturated heterocycles. The fourth-order valence-electron chi connectivity index (χ4n) is 2.56. The Balaban J connectivity index is 2.29. The molecule has 110 valence electrons. The molecule has 2 heterocycles. The minimum Gasteiger partial charge on any atom is -0.344 e. The highest BCUT2D eigenvalue weighted by atomic mass is 79.9. The van der Waals surface area contributed by atoms with Gasteiger partial charge in [0, 0.05) is 24.5 Å². The zero-order chi connectivity index (χ0) is 14.7. The number of rotatable bonds is 6. The van der Waals surface area contributed by atoms with E-state index in [9.17, 15) is 0 Å². The van der Waals surface area contributed by atoms with Crippen LogP contribution in [-0.2, 0) is 13.1 Å². The molecule has 0 saturated carbocycles. The lowest BCUT2D eigenvalue weighted by Crippen LogP contribution is -2.21. The molecule has 20 heavy (non-hydrogen) atoms. The second-order valence-electron chi connectivity index (χ2n) is 5.00. The topological polar surface area (TPSA) is 34.8 Å². The summed E-state index contributed by atoms with van der Waals surface area (Å²) in [5.41, 5.74) is 3.58. The monoisotopic (exact) mass is 338 g/mol. The second-order valence-corrected chi connectivity index (χ2v) is 5.80. The summed E-state index contributed by atoms with van der Waals surface area (Å²) >= 11 is 3.67. The van der Waals surface area contributed by atoms with Crippen LogP contribution in [0.25, 0.3) is 0 Å². The third-order valence-electron chi connectivity index (χ3n) is 3.59. The number of nitrogens with one attached hydrogen (secondary N) is 1. The van der Waals surface area contributed by atoms with E-state index in [0.29, 0.717) is 6.04 Å². The minimum absolute atomic E-state index is 0.355. The lowest BCUT2D eigenvalue weighted by Gasteiger charge is -2.17. The molecule has 2 rings (SSSR count). The molecule has 1 N–H and O–H groups in total. The molecule has 0 aliphatic carbocycles. The molecule has 2 aromatic rings. The van der Waals surface area contributed by atoms with Crippen LogP contribution < -0.4 is 5.32 Å². The first-order chi connectivity index (χ1) is 9.58. The molecular formula is C15H23BrN4. The third-order valence-corrected chi connectivity index (χ3v) is 4.62. The van der Waals surface area contributed by atoms with Crippen molar-refractivity contribution in [1.82, 2.24) is 19.7 Å². The van der Waals surface area contributed by atoms with Gasteiger partial charge in [-0.1, -0.05) is 6.92 Å². The zero-order valence-electron chi connectivity index (χ0n) is 12.7. The molecule has 5 heteroatoms. The molecule has 1 unspecified atom stereocenters. The van der Waals surface area contributed by atoms with Gasteiger partial charge in [0.05, 0.1) is 22.4 Å². The number of hydrogen-bond acceptors (Lipinski definition) is 2. The Morgan fingerprint density at radius 1 is 1.40 bits per heavy atom. The van der Waals surface area contributed by atoms with Crippen molar-refractivity contribution in [2.24, 2.45) is 0 Å². The molecule has 0 aromatic carbocycles. The summed E-state index contributed by atoms with van der Waals surface area (Å²) in [5.74, 6) is 0. The summed E-state index contributed by atoms with van der Waals surface area (Å²) in [7, 11) is 0. The second kappa shape index (κ2) is 6.59. The average Bonchev–Trinajstić information content (AvgIpc) is 2.99. The molecule has 4 nitrogen and oxygen atoms in total. The first-order valence-corrected chi connectivity index (χ1v) is 7.97. The molecule has 2 aromatic heterocycles. The molecule has 1 atom stereocenters. The highest BCUT2D eigenvalue weighted by Gasteiger charge is 2.15. The van der Waals surface area contributed by atoms with Crippen LogP contribution in [-0.4, -0.2) is 20.9 Å². The Kier molecular flexibility index (Phi) is 5.05. The van der Waals surface area contributed by atoms with E-state index in [-0.39, 0.29) is 0 Å². The van der Waals surface area contributed by atoms with Crippen molar-refractivity contribution in [3.8, 4) is 0 Å². The summed E-state index contributed by atoms with van der Waals surface area (Å²) in [6.07, 6.45) is 2.14. The fourth-order valence-corrected chi connectivity index (χ4v) is 2.97. The van der Waals surface area contributed by atoms with Crippen molar-refractivity contribution < 1.29 is 0 Å². The standard InChI is InChI=1S/C15H23BrN4/c1-5-17-11(3)13-8-7-9-19(13)10-14-15(16)12(4)18-20(14)6-2/h7-9,11,17H,5-6,10H2,1-4H3. The Morgan fingerprint density at radius 2 is 2.15 bits per heavy atom. The number of hydrogen-bond donors (Lipinski definition) is 1. The van der Waals surface area contributed by atoms with Crippen LogP contribution in [0.15, 0.2) is 22.8 Å². The van der Waals surface area contributed by atoms with Crippen molar-refractivity contribution in [2.75, 3.05) is 6.54 Å². The van der Waals surface area contributed by atoms with Gasteiger partial charge in [-0.2, -0.15) is 5.10 Å². The van der Waals surface area contributed by atoms with E-state index in [4.69, 9.17) is 0 Å². The maximum atomic E-state index is 4.56. The van der Waals surface area contributed by atoms with Crippen LogP contribution in [0.2, 0.25) is 0 Å². The third kappa shape index (κ3) is 2.99. The van der Waals surface area contributed by atoms with Crippen LogP contribution >= 0.6 is 15.9 Å². The quantitative estimate of drug-likeness (QED) is 0.874. The van der Waals surface area contributed by atoms with Gasteiger partial charge in [-0.15, -0.1) is 0 Å². The molecular weight excluding hydrogens is 316 g/mol. The summed E-state index contributed by atoms with van der Waals surface area (Å²) in [6, 6.07) is 4.64. The number of halogens is 1. The fraction of sp³-hybridized carbons (Fsp3) is 0.533. The maximum absolute atomic E-state index is 4.56. The van der Waals surface area contributed by atoms with Crippen molar-refractivity contribution in [2.45, 2.75) is 46.8 Å². The van der Waals surface area contributed by atoms with Gasteiger partial charge in [-0.25, -0.2) is 0 Å². The molecule has 0 radical (unpaired) electrons. The SMILES string of the molecule is CCNC(C)c1cccn1Cc1c(Br)c(C)nn1CC. The van der Waals surface area contributed by atoms with Gasteiger partial charge in [0.15, 0.2) is 0 Å². The normalized spacial score (nSPS) is 12.8. The van der Waals surface area contributed by atoms with E-state index in [1.807, 2.05) is 6.92 Å². The maximum Gasteiger partial charge on any atom is 0.0739 e. The van der Waals surface area contributed by atoms with Crippen LogP contribution in [0.3, 0.4) is 0 Å². The number of aromatic nitrogens is 3.